The van der Waals surface area contributed by atoms with Crippen LogP contribution in [0.25, 0.3) is 0 Å². The van der Waals surface area contributed by atoms with Gasteiger partial charge in [0.15, 0.2) is 0 Å². The molecule has 2 atom stereocenters. The maximum atomic E-state index is 13.0. The van der Waals surface area contributed by atoms with E-state index < -0.39 is 0 Å². The first-order valence-electron chi connectivity index (χ1n) is 14.7. The SMILES string of the molecule is CC(=O)N1CCC(Oc2ccc3c(c2)N=CN(C)C3C2CCN(C(=O)Nc3ccc(N4CCCC4)cc3)CC2)C1. The van der Waals surface area contributed by atoms with Gasteiger partial charge in [-0.3, -0.25) is 4.79 Å². The van der Waals surface area contributed by atoms with Gasteiger partial charge in [-0.05, 0) is 61.9 Å². The number of anilines is 2. The number of carbonyl (C=O) groups excluding carboxylic acids is 2. The van der Waals surface area contributed by atoms with Crippen molar-refractivity contribution in [2.75, 3.05) is 56.5 Å². The fourth-order valence-electron chi connectivity index (χ4n) is 6.64. The van der Waals surface area contributed by atoms with E-state index >= 15 is 0 Å². The van der Waals surface area contributed by atoms with Crippen LogP contribution < -0.4 is 15.0 Å². The third-order valence-corrected chi connectivity index (χ3v) is 8.89. The number of hydrogen-bond acceptors (Lipinski definition) is 6. The molecule has 0 bridgehead atoms. The van der Waals surface area contributed by atoms with Gasteiger partial charge in [-0.2, -0.15) is 0 Å². The number of aliphatic imine (C=N–C) groups is 1. The summed E-state index contributed by atoms with van der Waals surface area (Å²) in [5, 5.41) is 3.09. The Morgan fingerprint density at radius 1 is 0.925 bits per heavy atom. The molecule has 9 heteroatoms. The van der Waals surface area contributed by atoms with Crippen LogP contribution in [-0.2, 0) is 4.79 Å². The van der Waals surface area contributed by atoms with E-state index in [9.17, 15) is 9.59 Å². The van der Waals surface area contributed by atoms with Gasteiger partial charge in [-0.1, -0.05) is 6.07 Å². The van der Waals surface area contributed by atoms with Crippen LogP contribution in [0.1, 0.15) is 50.6 Å². The molecule has 212 valence electrons. The van der Waals surface area contributed by atoms with E-state index in [0.29, 0.717) is 12.5 Å². The van der Waals surface area contributed by atoms with Gasteiger partial charge in [0.2, 0.25) is 5.91 Å². The van der Waals surface area contributed by atoms with Crippen molar-refractivity contribution in [3.8, 4) is 5.75 Å². The van der Waals surface area contributed by atoms with Crippen LogP contribution in [0.2, 0.25) is 0 Å². The van der Waals surface area contributed by atoms with Crippen molar-refractivity contribution < 1.29 is 14.3 Å². The number of hydrogen-bond donors (Lipinski definition) is 1. The Balaban J connectivity index is 1.04. The standard InChI is InChI=1S/C31H40N6O3/c1-22(38)37-18-13-27(20-37)40-26-9-10-28-29(19-26)32-21-34(2)30(28)23-11-16-36(17-12-23)31(39)33-24-5-7-25(8-6-24)35-14-3-4-15-35/h5-10,19,21,23,27,30H,3-4,11-18,20H2,1-2H3,(H,33,39). The molecule has 3 fully saturated rings. The number of carbonyl (C=O) groups is 2. The summed E-state index contributed by atoms with van der Waals surface area (Å²) in [4.78, 5) is 37.8. The normalized spacial score (nSPS) is 22.9. The van der Waals surface area contributed by atoms with Crippen molar-refractivity contribution in [2.24, 2.45) is 10.9 Å². The molecule has 0 spiro atoms. The van der Waals surface area contributed by atoms with Gasteiger partial charge in [0.1, 0.15) is 11.9 Å². The van der Waals surface area contributed by atoms with Gasteiger partial charge < -0.3 is 29.7 Å². The quantitative estimate of drug-likeness (QED) is 0.581. The van der Waals surface area contributed by atoms with Crippen LogP contribution in [-0.4, -0.2) is 85.4 Å². The number of fused-ring (bicyclic) bond motifs is 1. The van der Waals surface area contributed by atoms with E-state index in [2.05, 4.69) is 40.4 Å². The third kappa shape index (κ3) is 5.60. The highest BCUT2D eigenvalue weighted by molar-refractivity contribution is 5.89. The average molecular weight is 545 g/mol. The Morgan fingerprint density at radius 3 is 2.35 bits per heavy atom. The molecule has 0 saturated carbocycles. The number of nitrogens with zero attached hydrogens (tertiary/aromatic N) is 5. The van der Waals surface area contributed by atoms with Crippen molar-refractivity contribution in [1.29, 1.82) is 0 Å². The molecule has 3 amide bonds. The Kier molecular flexibility index (Phi) is 7.54. The molecule has 3 saturated heterocycles. The van der Waals surface area contributed by atoms with E-state index in [1.54, 1.807) is 6.92 Å². The Morgan fingerprint density at radius 2 is 1.65 bits per heavy atom. The monoisotopic (exact) mass is 544 g/mol. The molecule has 4 aliphatic heterocycles. The minimum atomic E-state index is -0.0247. The van der Waals surface area contributed by atoms with Gasteiger partial charge in [-0.25, -0.2) is 9.79 Å². The molecular formula is C31H40N6O3. The summed E-state index contributed by atoms with van der Waals surface area (Å²) in [5.74, 6) is 1.32. The first-order chi connectivity index (χ1) is 19.4. The minimum Gasteiger partial charge on any atom is -0.488 e. The second-order valence-electron chi connectivity index (χ2n) is 11.6. The molecule has 0 radical (unpaired) electrons. The fourth-order valence-corrected chi connectivity index (χ4v) is 6.64. The highest BCUT2D eigenvalue weighted by atomic mass is 16.5. The van der Waals surface area contributed by atoms with E-state index in [1.807, 2.05) is 40.4 Å². The molecule has 2 unspecified atom stereocenters. The summed E-state index contributed by atoms with van der Waals surface area (Å²) in [5.41, 5.74) is 4.22. The van der Waals surface area contributed by atoms with E-state index in [4.69, 9.17) is 9.73 Å². The van der Waals surface area contributed by atoms with Crippen LogP contribution in [0.15, 0.2) is 47.5 Å². The lowest BCUT2D eigenvalue weighted by Gasteiger charge is -2.41. The molecular weight excluding hydrogens is 504 g/mol. The molecule has 1 N–H and O–H groups in total. The van der Waals surface area contributed by atoms with E-state index in [-0.39, 0.29) is 24.1 Å². The predicted molar refractivity (Wildman–Crippen MR) is 158 cm³/mol. The average Bonchev–Trinajstić information content (AvgIpc) is 3.67. The van der Waals surface area contributed by atoms with Gasteiger partial charge in [0, 0.05) is 76.1 Å². The maximum absolute atomic E-state index is 13.0. The van der Waals surface area contributed by atoms with Crippen molar-refractivity contribution in [2.45, 2.75) is 51.2 Å². The summed E-state index contributed by atoms with van der Waals surface area (Å²) >= 11 is 0. The lowest BCUT2D eigenvalue weighted by Crippen LogP contribution is -2.44. The minimum absolute atomic E-state index is 0.0199. The van der Waals surface area contributed by atoms with Crippen molar-refractivity contribution >= 4 is 35.3 Å². The summed E-state index contributed by atoms with van der Waals surface area (Å²) in [6.07, 6.45) is 7.15. The number of rotatable bonds is 5. The lowest BCUT2D eigenvalue weighted by atomic mass is 9.83. The molecule has 2 aromatic rings. The van der Waals surface area contributed by atoms with Crippen LogP contribution in [0.3, 0.4) is 0 Å². The van der Waals surface area contributed by atoms with E-state index in [0.717, 1.165) is 69.1 Å². The van der Waals surface area contributed by atoms with E-state index in [1.165, 1.54) is 24.1 Å². The summed E-state index contributed by atoms with van der Waals surface area (Å²) in [6, 6.07) is 14.6. The molecule has 4 heterocycles. The zero-order chi connectivity index (χ0) is 27.6. The molecule has 0 aliphatic carbocycles. The highest BCUT2D eigenvalue weighted by Crippen LogP contribution is 2.42. The van der Waals surface area contributed by atoms with Crippen molar-refractivity contribution in [3.05, 3.63) is 48.0 Å². The zero-order valence-electron chi connectivity index (χ0n) is 23.6. The molecule has 9 nitrogen and oxygen atoms in total. The van der Waals surface area contributed by atoms with Gasteiger partial charge in [0.25, 0.3) is 0 Å². The number of piperidine rings is 1. The molecule has 40 heavy (non-hydrogen) atoms. The number of benzene rings is 2. The maximum Gasteiger partial charge on any atom is 0.321 e. The summed E-state index contributed by atoms with van der Waals surface area (Å²) in [7, 11) is 2.08. The summed E-state index contributed by atoms with van der Waals surface area (Å²) in [6.45, 7) is 6.68. The lowest BCUT2D eigenvalue weighted by molar-refractivity contribution is -0.128. The van der Waals surface area contributed by atoms with Crippen LogP contribution in [0.5, 0.6) is 5.75 Å². The van der Waals surface area contributed by atoms with Crippen LogP contribution >= 0.6 is 0 Å². The van der Waals surface area contributed by atoms with Crippen LogP contribution in [0, 0.1) is 5.92 Å². The third-order valence-electron chi connectivity index (χ3n) is 8.89. The number of amides is 3. The molecule has 0 aromatic heterocycles. The number of nitrogens with one attached hydrogen (secondary N) is 1. The van der Waals surface area contributed by atoms with Gasteiger partial charge >= 0.3 is 6.03 Å². The van der Waals surface area contributed by atoms with Crippen molar-refractivity contribution in [3.63, 3.8) is 0 Å². The first-order valence-corrected chi connectivity index (χ1v) is 14.7. The van der Waals surface area contributed by atoms with Crippen LogP contribution in [0.4, 0.5) is 21.9 Å². The van der Waals surface area contributed by atoms with Crippen molar-refractivity contribution in [1.82, 2.24) is 14.7 Å². The molecule has 6 rings (SSSR count). The molecule has 2 aromatic carbocycles. The number of ether oxygens (including phenoxy) is 1. The number of urea groups is 1. The topological polar surface area (TPSA) is 80.7 Å². The molecule has 4 aliphatic rings. The number of likely N-dealkylation sites (tertiary alicyclic amines) is 2. The second-order valence-corrected chi connectivity index (χ2v) is 11.6. The Labute approximate surface area is 236 Å². The van der Waals surface area contributed by atoms with Gasteiger partial charge in [0.05, 0.1) is 24.6 Å². The second kappa shape index (κ2) is 11.4. The Hall–Kier alpha value is -3.75. The smallest absolute Gasteiger partial charge is 0.321 e. The largest absolute Gasteiger partial charge is 0.488 e. The van der Waals surface area contributed by atoms with Gasteiger partial charge in [-0.15, -0.1) is 0 Å². The zero-order valence-corrected chi connectivity index (χ0v) is 23.6. The highest BCUT2D eigenvalue weighted by Gasteiger charge is 2.34. The summed E-state index contributed by atoms with van der Waals surface area (Å²) < 4.78 is 6.22. The predicted octanol–water partition coefficient (Wildman–Crippen LogP) is 4.88. The Bertz CT molecular complexity index is 1250. The first kappa shape index (κ1) is 26.5. The fraction of sp³-hybridized carbons (Fsp3) is 0.516.